The molecule has 8 nitrogen and oxygen atoms in total. The second kappa shape index (κ2) is 6.88. The highest BCUT2D eigenvalue weighted by molar-refractivity contribution is 5.67. The van der Waals surface area contributed by atoms with Crippen molar-refractivity contribution < 1.29 is 14.8 Å². The molecule has 1 heterocycles. The molecule has 0 aromatic carbocycles. The largest absolute Gasteiger partial charge is 0.481 e. The quantitative estimate of drug-likeness (QED) is 0.556. The van der Waals surface area contributed by atoms with Gasteiger partial charge in [-0.2, -0.15) is 5.10 Å². The molecular weight excluding hydrogens is 264 g/mol. The van der Waals surface area contributed by atoms with Crippen LogP contribution >= 0.6 is 0 Å². The van der Waals surface area contributed by atoms with Crippen molar-refractivity contribution in [3.63, 3.8) is 0 Å². The second-order valence-corrected chi connectivity index (χ2v) is 4.63. The number of nitrogens with zero attached hydrogens (tertiary/aromatic N) is 3. The zero-order valence-electron chi connectivity index (χ0n) is 11.9. The molecule has 1 rings (SSSR count). The smallest absolute Gasteiger partial charge is 0.333 e. The van der Waals surface area contributed by atoms with E-state index >= 15 is 0 Å². The minimum atomic E-state index is -0.868. The molecule has 1 atom stereocenters. The van der Waals surface area contributed by atoms with Gasteiger partial charge < -0.3 is 10.4 Å². The van der Waals surface area contributed by atoms with Crippen LogP contribution in [-0.2, 0) is 18.3 Å². The van der Waals surface area contributed by atoms with Gasteiger partial charge in [0.15, 0.2) is 0 Å². The lowest BCUT2D eigenvalue weighted by molar-refractivity contribution is -0.384. The fourth-order valence-corrected chi connectivity index (χ4v) is 2.05. The van der Waals surface area contributed by atoms with Crippen molar-refractivity contribution in [1.82, 2.24) is 9.78 Å². The maximum atomic E-state index is 11.1. The predicted octanol–water partition coefficient (Wildman–Crippen LogP) is 1.80. The summed E-state index contributed by atoms with van der Waals surface area (Å²) < 4.78 is 1.43. The standard InChI is InChI=1S/C12H20N4O4/c1-4-8(6-10(17)18)7-13-12-11(16(19)20)9(5-2)14-15(12)3/h8,13H,4-7H2,1-3H3,(H,17,18). The first-order valence-corrected chi connectivity index (χ1v) is 6.56. The van der Waals surface area contributed by atoms with Crippen LogP contribution in [-0.4, -0.2) is 32.3 Å². The van der Waals surface area contributed by atoms with E-state index < -0.39 is 10.9 Å². The monoisotopic (exact) mass is 284 g/mol. The number of rotatable bonds is 8. The van der Waals surface area contributed by atoms with Crippen LogP contribution in [0.15, 0.2) is 0 Å². The molecule has 1 aromatic heterocycles. The van der Waals surface area contributed by atoms with Crippen LogP contribution in [0.3, 0.4) is 0 Å². The molecular formula is C12H20N4O4. The Bertz CT molecular complexity index is 498. The highest BCUT2D eigenvalue weighted by Crippen LogP contribution is 2.28. The third-order valence-corrected chi connectivity index (χ3v) is 3.21. The predicted molar refractivity (Wildman–Crippen MR) is 73.8 cm³/mol. The highest BCUT2D eigenvalue weighted by atomic mass is 16.6. The Morgan fingerprint density at radius 3 is 2.65 bits per heavy atom. The summed E-state index contributed by atoms with van der Waals surface area (Å²) in [6, 6.07) is 0. The molecule has 112 valence electrons. The number of aromatic nitrogens is 2. The number of anilines is 1. The summed E-state index contributed by atoms with van der Waals surface area (Å²) in [5.41, 5.74) is 0.395. The first-order valence-electron chi connectivity index (χ1n) is 6.56. The van der Waals surface area contributed by atoms with E-state index in [2.05, 4.69) is 10.4 Å². The van der Waals surface area contributed by atoms with E-state index in [0.29, 0.717) is 30.9 Å². The topological polar surface area (TPSA) is 110 Å². The average Bonchev–Trinajstić information content (AvgIpc) is 2.70. The summed E-state index contributed by atoms with van der Waals surface area (Å²) in [6.07, 6.45) is 1.19. The SMILES string of the molecule is CCc1nn(C)c(NCC(CC)CC(=O)O)c1[N+](=O)[O-]. The normalized spacial score (nSPS) is 12.2. The zero-order valence-corrected chi connectivity index (χ0v) is 11.9. The van der Waals surface area contributed by atoms with Crippen molar-refractivity contribution in [3.8, 4) is 0 Å². The maximum absolute atomic E-state index is 11.1. The van der Waals surface area contributed by atoms with Crippen LogP contribution in [0.5, 0.6) is 0 Å². The van der Waals surface area contributed by atoms with Gasteiger partial charge in [0, 0.05) is 20.0 Å². The molecule has 0 bridgehead atoms. The summed E-state index contributed by atoms with van der Waals surface area (Å²) in [5.74, 6) is -0.616. The summed E-state index contributed by atoms with van der Waals surface area (Å²) in [7, 11) is 1.63. The van der Waals surface area contributed by atoms with E-state index in [0.717, 1.165) is 0 Å². The molecule has 0 aliphatic rings. The fraction of sp³-hybridized carbons (Fsp3) is 0.667. The van der Waals surface area contributed by atoms with Crippen molar-refractivity contribution in [1.29, 1.82) is 0 Å². The molecule has 1 unspecified atom stereocenters. The number of nitrogens with one attached hydrogen (secondary N) is 1. The van der Waals surface area contributed by atoms with Gasteiger partial charge in [-0.1, -0.05) is 20.3 Å². The molecule has 0 radical (unpaired) electrons. The Hall–Kier alpha value is -2.12. The van der Waals surface area contributed by atoms with Crippen LogP contribution in [0.4, 0.5) is 11.5 Å². The third kappa shape index (κ3) is 3.69. The summed E-state index contributed by atoms with van der Waals surface area (Å²) in [5, 5.41) is 27.0. The van der Waals surface area contributed by atoms with Crippen molar-refractivity contribution in [3.05, 3.63) is 15.8 Å². The Morgan fingerprint density at radius 2 is 2.20 bits per heavy atom. The molecule has 20 heavy (non-hydrogen) atoms. The Labute approximate surface area is 116 Å². The van der Waals surface area contributed by atoms with Gasteiger partial charge in [0.05, 0.1) is 4.92 Å². The van der Waals surface area contributed by atoms with Gasteiger partial charge in [-0.25, -0.2) is 4.68 Å². The number of nitro groups is 1. The van der Waals surface area contributed by atoms with Crippen LogP contribution in [0.25, 0.3) is 0 Å². The van der Waals surface area contributed by atoms with Crippen LogP contribution in [0.1, 0.15) is 32.4 Å². The van der Waals surface area contributed by atoms with Gasteiger partial charge in [-0.05, 0) is 12.3 Å². The zero-order chi connectivity index (χ0) is 15.3. The van der Waals surface area contributed by atoms with E-state index in [1.54, 1.807) is 14.0 Å². The Morgan fingerprint density at radius 1 is 1.55 bits per heavy atom. The fourth-order valence-electron chi connectivity index (χ4n) is 2.05. The van der Waals surface area contributed by atoms with Crippen molar-refractivity contribution in [2.24, 2.45) is 13.0 Å². The van der Waals surface area contributed by atoms with E-state index in [9.17, 15) is 14.9 Å². The van der Waals surface area contributed by atoms with Crippen LogP contribution in [0.2, 0.25) is 0 Å². The number of aryl methyl sites for hydroxylation is 2. The second-order valence-electron chi connectivity index (χ2n) is 4.63. The molecule has 0 aliphatic carbocycles. The number of carbonyl (C=O) groups is 1. The van der Waals surface area contributed by atoms with Crippen LogP contribution in [0, 0.1) is 16.0 Å². The number of carboxylic acids is 1. The van der Waals surface area contributed by atoms with Gasteiger partial charge in [0.25, 0.3) is 0 Å². The summed E-state index contributed by atoms with van der Waals surface area (Å²) in [6.45, 7) is 4.06. The Kier molecular flexibility index (Phi) is 5.48. The average molecular weight is 284 g/mol. The van der Waals surface area contributed by atoms with E-state index in [1.165, 1.54) is 4.68 Å². The van der Waals surface area contributed by atoms with Gasteiger partial charge in [0.1, 0.15) is 5.69 Å². The van der Waals surface area contributed by atoms with Crippen molar-refractivity contribution in [2.75, 3.05) is 11.9 Å². The minimum absolute atomic E-state index is 0.0276. The van der Waals surface area contributed by atoms with E-state index in [4.69, 9.17) is 5.11 Å². The molecule has 8 heteroatoms. The lowest BCUT2D eigenvalue weighted by Crippen LogP contribution is -2.19. The lowest BCUT2D eigenvalue weighted by Gasteiger charge is -2.13. The molecule has 0 saturated carbocycles. The van der Waals surface area contributed by atoms with Gasteiger partial charge >= 0.3 is 11.7 Å². The third-order valence-electron chi connectivity index (χ3n) is 3.21. The molecule has 0 saturated heterocycles. The highest BCUT2D eigenvalue weighted by Gasteiger charge is 2.26. The summed E-state index contributed by atoms with van der Waals surface area (Å²) in [4.78, 5) is 21.4. The first kappa shape index (κ1) is 15.9. The van der Waals surface area contributed by atoms with Crippen molar-refractivity contribution >= 4 is 17.5 Å². The van der Waals surface area contributed by atoms with Crippen molar-refractivity contribution in [2.45, 2.75) is 33.1 Å². The van der Waals surface area contributed by atoms with Crippen LogP contribution < -0.4 is 5.32 Å². The number of hydrogen-bond acceptors (Lipinski definition) is 5. The molecule has 0 spiro atoms. The number of carboxylic acid groups (broad SMARTS) is 1. The molecule has 0 amide bonds. The van der Waals surface area contributed by atoms with E-state index in [1.807, 2.05) is 6.92 Å². The number of hydrogen-bond donors (Lipinski definition) is 2. The maximum Gasteiger partial charge on any atom is 0.333 e. The number of aliphatic carboxylic acids is 1. The molecule has 1 aromatic rings. The van der Waals surface area contributed by atoms with E-state index in [-0.39, 0.29) is 18.0 Å². The molecule has 0 fully saturated rings. The Balaban J connectivity index is 2.89. The van der Waals surface area contributed by atoms with Gasteiger partial charge in [-0.15, -0.1) is 0 Å². The first-order chi connectivity index (χ1) is 9.40. The molecule has 2 N–H and O–H groups in total. The van der Waals surface area contributed by atoms with Gasteiger partial charge in [-0.3, -0.25) is 14.9 Å². The molecule has 0 aliphatic heterocycles. The lowest BCUT2D eigenvalue weighted by atomic mass is 10.0. The summed E-state index contributed by atoms with van der Waals surface area (Å²) >= 11 is 0. The van der Waals surface area contributed by atoms with Gasteiger partial charge in [0.2, 0.25) is 5.82 Å². The minimum Gasteiger partial charge on any atom is -0.481 e.